The van der Waals surface area contributed by atoms with Gasteiger partial charge in [-0.05, 0) is 36.6 Å². The summed E-state index contributed by atoms with van der Waals surface area (Å²) >= 11 is 0. The lowest BCUT2D eigenvalue weighted by Crippen LogP contribution is -2.22. The maximum Gasteiger partial charge on any atom is 0.309 e. The van der Waals surface area contributed by atoms with Crippen LogP contribution in [0, 0.1) is 17.6 Å². The second-order valence-corrected chi connectivity index (χ2v) is 5.12. The number of carbonyl (C=O) groups is 2. The highest BCUT2D eigenvalue weighted by molar-refractivity contribution is 5.77. The van der Waals surface area contributed by atoms with Crippen LogP contribution in [0.1, 0.15) is 31.2 Å². The Morgan fingerprint density at radius 1 is 1.38 bits per heavy atom. The molecule has 2 unspecified atom stereocenters. The van der Waals surface area contributed by atoms with Crippen LogP contribution in [-0.2, 0) is 14.3 Å². The van der Waals surface area contributed by atoms with Gasteiger partial charge in [-0.3, -0.25) is 9.59 Å². The predicted octanol–water partition coefficient (Wildman–Crippen LogP) is 2.14. The zero-order valence-corrected chi connectivity index (χ0v) is 11.7. The molecule has 4 nitrogen and oxygen atoms in total. The molecule has 0 aliphatic heterocycles. The summed E-state index contributed by atoms with van der Waals surface area (Å²) in [5.74, 6) is -2.25. The second kappa shape index (κ2) is 6.65. The first kappa shape index (κ1) is 15.4. The van der Waals surface area contributed by atoms with Gasteiger partial charge in [-0.25, -0.2) is 8.78 Å². The van der Waals surface area contributed by atoms with E-state index in [-0.39, 0.29) is 24.0 Å². The van der Waals surface area contributed by atoms with Crippen LogP contribution < -0.4 is 5.32 Å². The minimum absolute atomic E-state index is 0.134. The van der Waals surface area contributed by atoms with Gasteiger partial charge < -0.3 is 10.1 Å². The Labute approximate surface area is 121 Å². The number of ether oxygens (including phenoxy) is 1. The molecule has 6 heteroatoms. The molecule has 0 radical (unpaired) electrons. The van der Waals surface area contributed by atoms with Crippen LogP contribution >= 0.6 is 0 Å². The maximum absolute atomic E-state index is 13.6. The fourth-order valence-electron chi connectivity index (χ4n) is 2.21. The lowest BCUT2D eigenvalue weighted by molar-refractivity contribution is -0.145. The third kappa shape index (κ3) is 4.24. The summed E-state index contributed by atoms with van der Waals surface area (Å²) in [7, 11) is 0. The summed E-state index contributed by atoms with van der Waals surface area (Å²) in [4.78, 5) is 22.4. The number of nitrogens with one attached hydrogen (secondary N) is 1. The topological polar surface area (TPSA) is 55.4 Å². The Kier molecular flexibility index (Phi) is 4.88. The monoisotopic (exact) mass is 297 g/mol. The number of benzene rings is 1. The summed E-state index contributed by atoms with van der Waals surface area (Å²) in [5, 5.41) is 2.59. The average Bonchev–Trinajstić information content (AvgIpc) is 3.21. The van der Waals surface area contributed by atoms with Crippen molar-refractivity contribution in [1.29, 1.82) is 0 Å². The first-order valence-corrected chi connectivity index (χ1v) is 6.85. The number of rotatable bonds is 6. The first-order valence-electron chi connectivity index (χ1n) is 6.85. The normalized spacial score (nSPS) is 20.0. The molecule has 0 heterocycles. The van der Waals surface area contributed by atoms with Crippen LogP contribution in [-0.4, -0.2) is 25.0 Å². The highest BCUT2D eigenvalue weighted by atomic mass is 19.1. The quantitative estimate of drug-likeness (QED) is 0.646. The van der Waals surface area contributed by atoms with Crippen LogP contribution in [0.15, 0.2) is 18.2 Å². The molecular weight excluding hydrogens is 280 g/mol. The summed E-state index contributed by atoms with van der Waals surface area (Å²) < 4.78 is 31.7. The molecule has 2 rings (SSSR count). The van der Waals surface area contributed by atoms with Crippen LogP contribution in [0.4, 0.5) is 8.78 Å². The Morgan fingerprint density at radius 3 is 2.86 bits per heavy atom. The summed E-state index contributed by atoms with van der Waals surface area (Å²) in [6, 6.07) is 3.25. The van der Waals surface area contributed by atoms with E-state index < -0.39 is 23.5 Å². The standard InChI is InChI=1S/C15H17F2NO3/c1-9(19)18-5-2-6-21-15(20)13-8-11(13)12-7-10(16)3-4-14(12)17/h3-4,7,11,13H,2,5-6,8H2,1H3,(H,18,19). The summed E-state index contributed by atoms with van der Waals surface area (Å²) in [6.07, 6.45) is 1.00. The van der Waals surface area contributed by atoms with E-state index in [2.05, 4.69) is 5.32 Å². The molecule has 0 aromatic heterocycles. The molecule has 1 fully saturated rings. The second-order valence-electron chi connectivity index (χ2n) is 5.12. The van der Waals surface area contributed by atoms with Crippen molar-refractivity contribution in [2.24, 2.45) is 5.92 Å². The number of carbonyl (C=O) groups excluding carboxylic acids is 2. The van der Waals surface area contributed by atoms with E-state index in [9.17, 15) is 18.4 Å². The summed E-state index contributed by atoms with van der Waals surface area (Å²) in [5.41, 5.74) is 0.232. The molecule has 2 atom stereocenters. The number of esters is 1. The smallest absolute Gasteiger partial charge is 0.309 e. The fourth-order valence-corrected chi connectivity index (χ4v) is 2.21. The molecule has 21 heavy (non-hydrogen) atoms. The zero-order chi connectivity index (χ0) is 15.4. The number of hydrogen-bond donors (Lipinski definition) is 1. The summed E-state index contributed by atoms with van der Waals surface area (Å²) in [6.45, 7) is 2.05. The molecular formula is C15H17F2NO3. The van der Waals surface area contributed by atoms with Crippen LogP contribution in [0.5, 0.6) is 0 Å². The lowest BCUT2D eigenvalue weighted by Gasteiger charge is -2.06. The van der Waals surface area contributed by atoms with Crippen LogP contribution in [0.25, 0.3) is 0 Å². The van der Waals surface area contributed by atoms with Crippen molar-refractivity contribution in [3.05, 3.63) is 35.4 Å². The Bertz CT molecular complexity index is 548. The molecule has 0 bridgehead atoms. The van der Waals surface area contributed by atoms with Crippen molar-refractivity contribution >= 4 is 11.9 Å². The highest BCUT2D eigenvalue weighted by Crippen LogP contribution is 2.49. The number of amides is 1. The number of halogens is 2. The van der Waals surface area contributed by atoms with Gasteiger partial charge in [0.2, 0.25) is 5.91 Å². The predicted molar refractivity (Wildman–Crippen MR) is 71.5 cm³/mol. The lowest BCUT2D eigenvalue weighted by atomic mass is 10.1. The van der Waals surface area contributed by atoms with E-state index in [4.69, 9.17) is 4.74 Å². The van der Waals surface area contributed by atoms with Gasteiger partial charge in [-0.15, -0.1) is 0 Å². The fraction of sp³-hybridized carbons (Fsp3) is 0.467. The van der Waals surface area contributed by atoms with E-state index in [0.29, 0.717) is 19.4 Å². The number of hydrogen-bond acceptors (Lipinski definition) is 3. The Balaban J connectivity index is 1.76. The minimum Gasteiger partial charge on any atom is -0.465 e. The van der Waals surface area contributed by atoms with E-state index >= 15 is 0 Å². The van der Waals surface area contributed by atoms with Gasteiger partial charge >= 0.3 is 5.97 Å². The first-order chi connectivity index (χ1) is 9.99. The molecule has 1 aromatic rings. The molecule has 1 aliphatic rings. The third-order valence-electron chi connectivity index (χ3n) is 3.39. The van der Waals surface area contributed by atoms with Crippen molar-refractivity contribution in [3.8, 4) is 0 Å². The van der Waals surface area contributed by atoms with Crippen molar-refractivity contribution in [1.82, 2.24) is 5.32 Å². The van der Waals surface area contributed by atoms with Gasteiger partial charge in [0, 0.05) is 19.4 Å². The molecule has 1 aliphatic carbocycles. The molecule has 114 valence electrons. The minimum atomic E-state index is -0.513. The molecule has 1 amide bonds. The van der Waals surface area contributed by atoms with Gasteiger partial charge in [0.25, 0.3) is 0 Å². The van der Waals surface area contributed by atoms with Crippen molar-refractivity contribution < 1.29 is 23.1 Å². The third-order valence-corrected chi connectivity index (χ3v) is 3.39. The molecule has 1 aromatic carbocycles. The Morgan fingerprint density at radius 2 is 2.14 bits per heavy atom. The van der Waals surface area contributed by atoms with Gasteiger partial charge in [0.15, 0.2) is 0 Å². The maximum atomic E-state index is 13.6. The largest absolute Gasteiger partial charge is 0.465 e. The van der Waals surface area contributed by atoms with Gasteiger partial charge in [0.1, 0.15) is 11.6 Å². The van der Waals surface area contributed by atoms with E-state index in [1.807, 2.05) is 0 Å². The van der Waals surface area contributed by atoms with Gasteiger partial charge in [0.05, 0.1) is 12.5 Å². The zero-order valence-electron chi connectivity index (χ0n) is 11.7. The van der Waals surface area contributed by atoms with Gasteiger partial charge in [-0.1, -0.05) is 0 Å². The molecule has 1 saturated carbocycles. The SMILES string of the molecule is CC(=O)NCCCOC(=O)C1CC1c1cc(F)ccc1F. The van der Waals surface area contributed by atoms with E-state index in [0.717, 1.165) is 18.2 Å². The Hall–Kier alpha value is -1.98. The van der Waals surface area contributed by atoms with Crippen molar-refractivity contribution in [2.75, 3.05) is 13.2 Å². The van der Waals surface area contributed by atoms with E-state index in [1.165, 1.54) is 6.92 Å². The molecule has 0 saturated heterocycles. The average molecular weight is 297 g/mol. The van der Waals surface area contributed by atoms with Crippen LogP contribution in [0.2, 0.25) is 0 Å². The van der Waals surface area contributed by atoms with Crippen molar-refractivity contribution in [3.63, 3.8) is 0 Å². The van der Waals surface area contributed by atoms with Crippen LogP contribution in [0.3, 0.4) is 0 Å². The molecule has 0 spiro atoms. The van der Waals surface area contributed by atoms with Crippen molar-refractivity contribution in [2.45, 2.75) is 25.7 Å². The molecule has 1 N–H and O–H groups in total. The van der Waals surface area contributed by atoms with Gasteiger partial charge in [-0.2, -0.15) is 0 Å². The highest BCUT2D eigenvalue weighted by Gasteiger charge is 2.46. The van der Waals surface area contributed by atoms with E-state index in [1.54, 1.807) is 0 Å².